The van der Waals surface area contributed by atoms with Crippen molar-refractivity contribution in [2.75, 3.05) is 13.6 Å². The molecule has 104 valence electrons. The summed E-state index contributed by atoms with van der Waals surface area (Å²) < 4.78 is 2.54. The zero-order chi connectivity index (χ0) is 14.1. The summed E-state index contributed by atoms with van der Waals surface area (Å²) in [4.78, 5) is 17.7. The largest absolute Gasteiger partial charge is 0.344 e. The van der Waals surface area contributed by atoms with Crippen LogP contribution in [0.25, 0.3) is 11.5 Å². The predicted molar refractivity (Wildman–Crippen MR) is 76.6 cm³/mol. The van der Waals surface area contributed by atoms with E-state index in [9.17, 15) is 4.79 Å². The molecule has 3 rings (SSSR count). The summed E-state index contributed by atoms with van der Waals surface area (Å²) in [6.45, 7) is 0.645. The van der Waals surface area contributed by atoms with Gasteiger partial charge in [0.15, 0.2) is 10.6 Å². The molecule has 1 atom stereocenters. The van der Waals surface area contributed by atoms with Gasteiger partial charge in [-0.3, -0.25) is 19.4 Å². The Balaban J connectivity index is 2.00. The zero-order valence-corrected chi connectivity index (χ0v) is 11.9. The average molecular weight is 289 g/mol. The highest BCUT2D eigenvalue weighted by Crippen LogP contribution is 2.26. The SMILES string of the molecule is CN1CC(n2c(-c3ccccn3)n[nH]c2=S)CCC1=O. The first kappa shape index (κ1) is 13.0. The van der Waals surface area contributed by atoms with Gasteiger partial charge in [0.05, 0.1) is 6.04 Å². The number of hydrogen-bond acceptors (Lipinski definition) is 4. The van der Waals surface area contributed by atoms with E-state index < -0.39 is 0 Å². The number of hydrogen-bond donors (Lipinski definition) is 1. The Labute approximate surface area is 121 Å². The number of likely N-dealkylation sites (N-methyl/N-ethyl adjacent to an activating group) is 1. The Morgan fingerprint density at radius 3 is 3.00 bits per heavy atom. The fraction of sp³-hybridized carbons (Fsp3) is 0.385. The van der Waals surface area contributed by atoms with Crippen LogP contribution in [0, 0.1) is 4.77 Å². The van der Waals surface area contributed by atoms with Crippen molar-refractivity contribution >= 4 is 18.1 Å². The molecule has 3 heterocycles. The van der Waals surface area contributed by atoms with Gasteiger partial charge in [0.25, 0.3) is 0 Å². The summed E-state index contributed by atoms with van der Waals surface area (Å²) in [6, 6.07) is 5.82. The second-order valence-electron chi connectivity index (χ2n) is 4.90. The second-order valence-corrected chi connectivity index (χ2v) is 5.29. The number of rotatable bonds is 2. The maximum absolute atomic E-state index is 11.6. The number of aromatic amines is 1. The molecule has 2 aromatic heterocycles. The lowest BCUT2D eigenvalue weighted by atomic mass is 10.1. The number of amides is 1. The Hall–Kier alpha value is -2.02. The van der Waals surface area contributed by atoms with E-state index in [1.165, 1.54) is 0 Å². The number of pyridine rings is 1. The number of likely N-dealkylation sites (tertiary alicyclic amines) is 1. The average Bonchev–Trinajstić information content (AvgIpc) is 2.85. The highest BCUT2D eigenvalue weighted by atomic mass is 32.1. The lowest BCUT2D eigenvalue weighted by Crippen LogP contribution is -2.38. The van der Waals surface area contributed by atoms with Crippen LogP contribution in [-0.4, -0.2) is 44.1 Å². The van der Waals surface area contributed by atoms with Crippen molar-refractivity contribution in [1.29, 1.82) is 0 Å². The quantitative estimate of drug-likeness (QED) is 0.856. The normalized spacial score (nSPS) is 19.4. The summed E-state index contributed by atoms with van der Waals surface area (Å²) in [7, 11) is 1.82. The van der Waals surface area contributed by atoms with Gasteiger partial charge in [-0.2, -0.15) is 5.10 Å². The highest BCUT2D eigenvalue weighted by Gasteiger charge is 2.27. The number of aromatic nitrogens is 4. The van der Waals surface area contributed by atoms with Crippen LogP contribution in [0.4, 0.5) is 0 Å². The van der Waals surface area contributed by atoms with Gasteiger partial charge in [-0.05, 0) is 30.8 Å². The molecule has 0 radical (unpaired) electrons. The minimum Gasteiger partial charge on any atom is -0.344 e. The van der Waals surface area contributed by atoms with Crippen LogP contribution < -0.4 is 0 Å². The van der Waals surface area contributed by atoms with E-state index in [4.69, 9.17) is 12.2 Å². The molecule has 6 nitrogen and oxygen atoms in total. The second kappa shape index (κ2) is 5.16. The Kier molecular flexibility index (Phi) is 3.35. The number of H-pyrrole nitrogens is 1. The van der Waals surface area contributed by atoms with E-state index in [1.807, 2.05) is 29.8 Å². The standard InChI is InChI=1S/C13H15N5OS/c1-17-8-9(5-6-11(17)19)18-12(15-16-13(18)20)10-4-2-3-7-14-10/h2-4,7,9H,5-6,8H2,1H3,(H,16,20). The molecular weight excluding hydrogens is 274 g/mol. The summed E-state index contributed by atoms with van der Waals surface area (Å²) in [5.74, 6) is 0.902. The van der Waals surface area contributed by atoms with E-state index in [-0.39, 0.29) is 11.9 Å². The summed E-state index contributed by atoms with van der Waals surface area (Å²) in [5, 5.41) is 7.12. The number of piperidine rings is 1. The first-order valence-corrected chi connectivity index (χ1v) is 6.90. The molecule has 0 saturated carbocycles. The number of carbonyl (C=O) groups excluding carboxylic acids is 1. The predicted octanol–water partition coefficient (Wildman–Crippen LogP) is 1.80. The van der Waals surface area contributed by atoms with E-state index in [0.29, 0.717) is 17.7 Å². The Morgan fingerprint density at radius 1 is 1.45 bits per heavy atom. The molecular formula is C13H15N5OS. The minimum atomic E-state index is 0.140. The van der Waals surface area contributed by atoms with Crippen molar-refractivity contribution in [2.45, 2.75) is 18.9 Å². The fourth-order valence-corrected chi connectivity index (χ4v) is 2.80. The van der Waals surface area contributed by atoms with E-state index in [0.717, 1.165) is 17.9 Å². The van der Waals surface area contributed by atoms with Crippen LogP contribution >= 0.6 is 12.2 Å². The van der Waals surface area contributed by atoms with Crippen LogP contribution in [0.3, 0.4) is 0 Å². The third kappa shape index (κ3) is 2.24. The Morgan fingerprint density at radius 2 is 2.30 bits per heavy atom. The van der Waals surface area contributed by atoms with Crippen LogP contribution in [0.1, 0.15) is 18.9 Å². The molecule has 1 N–H and O–H groups in total. The van der Waals surface area contributed by atoms with Crippen molar-refractivity contribution in [2.24, 2.45) is 0 Å². The van der Waals surface area contributed by atoms with Gasteiger partial charge in [-0.25, -0.2) is 0 Å². The smallest absolute Gasteiger partial charge is 0.222 e. The van der Waals surface area contributed by atoms with Crippen molar-refractivity contribution in [1.82, 2.24) is 24.6 Å². The van der Waals surface area contributed by atoms with Crippen molar-refractivity contribution in [3.05, 3.63) is 29.2 Å². The van der Waals surface area contributed by atoms with Gasteiger partial charge >= 0.3 is 0 Å². The molecule has 7 heteroatoms. The van der Waals surface area contributed by atoms with Gasteiger partial charge in [0.2, 0.25) is 5.91 Å². The van der Waals surface area contributed by atoms with Crippen LogP contribution in [0.2, 0.25) is 0 Å². The first-order valence-electron chi connectivity index (χ1n) is 6.49. The molecule has 20 heavy (non-hydrogen) atoms. The maximum Gasteiger partial charge on any atom is 0.222 e. The number of nitrogens with one attached hydrogen (secondary N) is 1. The van der Waals surface area contributed by atoms with Gasteiger partial charge in [0, 0.05) is 26.2 Å². The number of nitrogens with zero attached hydrogens (tertiary/aromatic N) is 4. The van der Waals surface area contributed by atoms with Gasteiger partial charge in [0.1, 0.15) is 5.69 Å². The monoisotopic (exact) mass is 289 g/mol. The van der Waals surface area contributed by atoms with Crippen molar-refractivity contribution < 1.29 is 4.79 Å². The van der Waals surface area contributed by atoms with Gasteiger partial charge < -0.3 is 4.90 Å². The first-order chi connectivity index (χ1) is 9.66. The van der Waals surface area contributed by atoms with Crippen LogP contribution in [0.15, 0.2) is 24.4 Å². The molecule has 0 aromatic carbocycles. The van der Waals surface area contributed by atoms with E-state index in [2.05, 4.69) is 15.2 Å². The molecule has 0 bridgehead atoms. The summed E-state index contributed by atoms with van der Waals surface area (Å²) >= 11 is 5.34. The molecule has 0 spiro atoms. The summed E-state index contributed by atoms with van der Waals surface area (Å²) in [5.41, 5.74) is 0.777. The third-order valence-corrected chi connectivity index (χ3v) is 3.85. The van der Waals surface area contributed by atoms with Crippen LogP contribution in [-0.2, 0) is 4.79 Å². The number of carbonyl (C=O) groups is 1. The molecule has 1 aliphatic heterocycles. The zero-order valence-electron chi connectivity index (χ0n) is 11.1. The third-order valence-electron chi connectivity index (χ3n) is 3.57. The fourth-order valence-electron chi connectivity index (χ4n) is 2.52. The van der Waals surface area contributed by atoms with Gasteiger partial charge in [-0.1, -0.05) is 6.07 Å². The molecule has 1 saturated heterocycles. The maximum atomic E-state index is 11.6. The molecule has 1 aliphatic rings. The highest BCUT2D eigenvalue weighted by molar-refractivity contribution is 7.71. The van der Waals surface area contributed by atoms with Crippen LogP contribution in [0.5, 0.6) is 0 Å². The minimum absolute atomic E-state index is 0.140. The molecule has 0 aliphatic carbocycles. The van der Waals surface area contributed by atoms with Crippen molar-refractivity contribution in [3.8, 4) is 11.5 Å². The van der Waals surface area contributed by atoms with Crippen molar-refractivity contribution in [3.63, 3.8) is 0 Å². The van der Waals surface area contributed by atoms with Gasteiger partial charge in [-0.15, -0.1) is 0 Å². The lowest BCUT2D eigenvalue weighted by Gasteiger charge is -2.30. The van der Waals surface area contributed by atoms with E-state index >= 15 is 0 Å². The molecule has 1 unspecified atom stereocenters. The lowest BCUT2D eigenvalue weighted by molar-refractivity contribution is -0.132. The summed E-state index contributed by atoms with van der Waals surface area (Å²) in [6.07, 6.45) is 3.04. The molecule has 1 fully saturated rings. The Bertz CT molecular complexity index is 678. The molecule has 2 aromatic rings. The topological polar surface area (TPSA) is 66.8 Å². The van der Waals surface area contributed by atoms with E-state index in [1.54, 1.807) is 11.1 Å². The molecule has 1 amide bonds.